The maximum absolute atomic E-state index is 11.7. The van der Waals surface area contributed by atoms with Gasteiger partial charge in [-0.05, 0) is 106 Å². The Labute approximate surface area is 381 Å². The first-order chi connectivity index (χ1) is 29.7. The number of nitrogens with zero attached hydrogens (tertiary/aromatic N) is 3. The molecule has 0 spiro atoms. The van der Waals surface area contributed by atoms with E-state index in [4.69, 9.17) is 11.3 Å². The van der Waals surface area contributed by atoms with Crippen LogP contribution in [0, 0.1) is 19.9 Å². The Morgan fingerprint density at radius 1 is 0.629 bits per heavy atom. The molecule has 0 aliphatic heterocycles. The summed E-state index contributed by atoms with van der Waals surface area (Å²) in [4.78, 5) is 10.4. The number of benzene rings is 7. The van der Waals surface area contributed by atoms with Gasteiger partial charge in [-0.25, -0.2) is 4.98 Å². The smallest absolute Gasteiger partial charge is 0.148 e. The van der Waals surface area contributed by atoms with Crippen molar-refractivity contribution in [1.29, 1.82) is 0 Å². The SMILES string of the molecule is [2H]C(C)(C)c1cc(-c2ccccc2)cc(-n2c(-c3cc(C)cc(C)c3O)nc3c(-c4[c-]c(-c5cc(-c6ccc(-c7ccccc7)cc6)ccn5)cc(C(C)(C)C)c4)cccc32)c1.[Pt]. The van der Waals surface area contributed by atoms with Crippen LogP contribution >= 0.6 is 0 Å². The number of aryl methyl sites for hydroxylation is 2. The third-order valence-corrected chi connectivity index (χ3v) is 11.6. The van der Waals surface area contributed by atoms with Crippen LogP contribution in [0.15, 0.2) is 164 Å². The van der Waals surface area contributed by atoms with Gasteiger partial charge in [0.25, 0.3) is 0 Å². The van der Waals surface area contributed by atoms with Gasteiger partial charge in [-0.3, -0.25) is 9.55 Å². The fourth-order valence-electron chi connectivity index (χ4n) is 8.24. The molecule has 7 aromatic carbocycles. The molecule has 0 bridgehead atoms. The molecular weight excluding hydrogens is 938 g/mol. The van der Waals surface area contributed by atoms with E-state index in [1.807, 2.05) is 70.3 Å². The third-order valence-electron chi connectivity index (χ3n) is 11.6. The third kappa shape index (κ3) is 8.33. The van der Waals surface area contributed by atoms with Crippen LogP contribution in [-0.2, 0) is 26.5 Å². The minimum atomic E-state index is -0.876. The van der Waals surface area contributed by atoms with Gasteiger partial charge in [-0.2, -0.15) is 0 Å². The van der Waals surface area contributed by atoms with Crippen LogP contribution in [0.2, 0.25) is 0 Å². The minimum Gasteiger partial charge on any atom is -0.507 e. The molecule has 0 atom stereocenters. The number of hydrogen-bond acceptors (Lipinski definition) is 3. The molecule has 4 nitrogen and oxygen atoms in total. The second-order valence-corrected chi connectivity index (χ2v) is 17.4. The van der Waals surface area contributed by atoms with Crippen molar-refractivity contribution in [1.82, 2.24) is 14.5 Å². The number of rotatable bonds is 8. The zero-order chi connectivity index (χ0) is 43.3. The van der Waals surface area contributed by atoms with Gasteiger partial charge in [-0.15, -0.1) is 29.3 Å². The largest absolute Gasteiger partial charge is 0.507 e. The van der Waals surface area contributed by atoms with Crippen molar-refractivity contribution < 1.29 is 27.5 Å². The van der Waals surface area contributed by atoms with Gasteiger partial charge >= 0.3 is 0 Å². The van der Waals surface area contributed by atoms with E-state index in [0.29, 0.717) is 11.4 Å². The Morgan fingerprint density at radius 2 is 1.26 bits per heavy atom. The topological polar surface area (TPSA) is 50.9 Å². The maximum Gasteiger partial charge on any atom is 0.148 e. The summed E-state index contributed by atoms with van der Waals surface area (Å²) in [6, 6.07) is 58.5. The van der Waals surface area contributed by atoms with Crippen LogP contribution < -0.4 is 0 Å². The Morgan fingerprint density at radius 3 is 1.92 bits per heavy atom. The Bertz CT molecular complexity index is 3110. The van der Waals surface area contributed by atoms with E-state index in [1.54, 1.807) is 0 Å². The predicted octanol–water partition coefficient (Wildman–Crippen LogP) is 15.0. The number of aromatic nitrogens is 3. The van der Waals surface area contributed by atoms with E-state index in [-0.39, 0.29) is 32.2 Å². The molecule has 0 saturated heterocycles. The first-order valence-corrected chi connectivity index (χ1v) is 21.0. The van der Waals surface area contributed by atoms with Crippen LogP contribution in [-0.4, -0.2) is 19.6 Å². The van der Waals surface area contributed by atoms with Crippen molar-refractivity contribution in [2.45, 2.75) is 59.8 Å². The molecule has 9 rings (SSSR count). The molecule has 0 radical (unpaired) electrons. The van der Waals surface area contributed by atoms with Crippen molar-refractivity contribution in [3.63, 3.8) is 0 Å². The molecule has 2 aromatic heterocycles. The number of imidazole rings is 1. The van der Waals surface area contributed by atoms with E-state index in [9.17, 15) is 5.11 Å². The molecule has 0 aliphatic carbocycles. The molecule has 0 unspecified atom stereocenters. The molecule has 62 heavy (non-hydrogen) atoms. The van der Waals surface area contributed by atoms with E-state index in [2.05, 4.69) is 153 Å². The molecule has 0 fully saturated rings. The van der Waals surface area contributed by atoms with Crippen molar-refractivity contribution >= 4 is 11.0 Å². The molecule has 1 N–H and O–H groups in total. The number of para-hydroxylation sites is 1. The molecule has 0 saturated carbocycles. The van der Waals surface area contributed by atoms with Gasteiger partial charge in [0.15, 0.2) is 0 Å². The molecular formula is C57H50N3OPt-. The normalized spacial score (nSPS) is 12.0. The summed E-state index contributed by atoms with van der Waals surface area (Å²) in [7, 11) is 0. The molecule has 0 amide bonds. The van der Waals surface area contributed by atoms with Gasteiger partial charge in [-0.1, -0.05) is 161 Å². The Hall–Kier alpha value is -6.35. The number of hydrogen-bond donors (Lipinski definition) is 1. The van der Waals surface area contributed by atoms with Crippen LogP contribution in [0.25, 0.3) is 83.9 Å². The van der Waals surface area contributed by atoms with Gasteiger partial charge in [0.05, 0.1) is 16.6 Å². The van der Waals surface area contributed by atoms with Crippen molar-refractivity contribution in [2.75, 3.05) is 0 Å². The first kappa shape index (κ1) is 41.0. The summed E-state index contributed by atoms with van der Waals surface area (Å²) in [5, 5.41) is 11.7. The van der Waals surface area contributed by atoms with Crippen molar-refractivity contribution in [3.8, 4) is 78.6 Å². The number of pyridine rings is 1. The average Bonchev–Trinajstić information content (AvgIpc) is 3.67. The van der Waals surface area contributed by atoms with Crippen molar-refractivity contribution in [3.05, 3.63) is 192 Å². The summed E-state index contributed by atoms with van der Waals surface area (Å²) in [6.07, 6.45) is 1.88. The molecule has 0 aliphatic rings. The van der Waals surface area contributed by atoms with Gasteiger partial charge in [0, 0.05) is 40.0 Å². The summed E-state index contributed by atoms with van der Waals surface area (Å²) in [6.45, 7) is 14.5. The van der Waals surface area contributed by atoms with Gasteiger partial charge < -0.3 is 5.11 Å². The van der Waals surface area contributed by atoms with Crippen LogP contribution in [0.5, 0.6) is 5.75 Å². The second kappa shape index (κ2) is 17.2. The Kier molecular flexibility index (Phi) is 11.4. The van der Waals surface area contributed by atoms with Crippen molar-refractivity contribution in [2.24, 2.45) is 0 Å². The van der Waals surface area contributed by atoms with E-state index >= 15 is 0 Å². The van der Waals surface area contributed by atoms with Crippen LogP contribution in [0.4, 0.5) is 0 Å². The first-order valence-electron chi connectivity index (χ1n) is 21.5. The van der Waals surface area contributed by atoms with E-state index < -0.39 is 5.89 Å². The average molecular weight is 989 g/mol. The minimum absolute atomic E-state index is 0. The fourth-order valence-corrected chi connectivity index (χ4v) is 8.24. The standard InChI is InChI=1S/C57H50N3O.Pt/c1-36(2)44-29-45(40-17-12-9-13-18-40)34-49(33-44)60-53-20-14-19-50(54(53)59-56(60)51-28-37(3)27-38(4)55(51)61)46-30-47(32-48(31-46)57(5,6)7)52-35-43(25-26-58-52)42-23-21-41(22-24-42)39-15-10-8-11-16-39;/h8-29,31-36,61H,1-7H3;/q-1;/i36D;. The fraction of sp³-hybridized carbons (Fsp3) is 0.158. The number of phenols is 1. The van der Waals surface area contributed by atoms with E-state index in [1.165, 1.54) is 11.1 Å². The predicted molar refractivity (Wildman–Crippen MR) is 254 cm³/mol. The molecule has 310 valence electrons. The van der Waals surface area contributed by atoms with Crippen LogP contribution in [0.3, 0.4) is 0 Å². The zero-order valence-corrected chi connectivity index (χ0v) is 38.5. The molecule has 5 heteroatoms. The summed E-state index contributed by atoms with van der Waals surface area (Å²) in [5.74, 6) is -0.0623. The van der Waals surface area contributed by atoms with Crippen LogP contribution in [0.1, 0.15) is 64.1 Å². The summed E-state index contributed by atoms with van der Waals surface area (Å²) in [5.41, 5.74) is 17.0. The molecule has 9 aromatic rings. The summed E-state index contributed by atoms with van der Waals surface area (Å²) < 4.78 is 11.3. The second-order valence-electron chi connectivity index (χ2n) is 17.4. The van der Waals surface area contributed by atoms with E-state index in [0.717, 1.165) is 83.6 Å². The maximum atomic E-state index is 11.7. The monoisotopic (exact) mass is 988 g/mol. The zero-order valence-electron chi connectivity index (χ0n) is 37.2. The molecule has 2 heterocycles. The quantitative estimate of drug-likeness (QED) is 0.154. The summed E-state index contributed by atoms with van der Waals surface area (Å²) >= 11 is 0. The number of fused-ring (bicyclic) bond motifs is 1. The number of aromatic hydroxyl groups is 1. The van der Waals surface area contributed by atoms with Gasteiger partial charge in [0.2, 0.25) is 0 Å². The number of phenolic OH excluding ortho intramolecular Hbond substituents is 1. The van der Waals surface area contributed by atoms with Gasteiger partial charge in [0.1, 0.15) is 11.6 Å². The Balaban J connectivity index is 0.00000544.